The van der Waals surface area contributed by atoms with Crippen molar-refractivity contribution in [2.24, 2.45) is 0 Å². The van der Waals surface area contributed by atoms with Gasteiger partial charge in [0.15, 0.2) is 23.3 Å². The summed E-state index contributed by atoms with van der Waals surface area (Å²) in [6, 6.07) is 16.3. The minimum Gasteiger partial charge on any atom is -0.360 e. The molecular formula is C20H15F2N5O. The molecule has 140 valence electrons. The monoisotopic (exact) mass is 379 g/mol. The van der Waals surface area contributed by atoms with E-state index in [0.29, 0.717) is 34.7 Å². The van der Waals surface area contributed by atoms with Crippen molar-refractivity contribution in [3.05, 3.63) is 78.1 Å². The Kier molecular flexibility index (Phi) is 4.67. The lowest BCUT2D eigenvalue weighted by Gasteiger charge is -2.11. The van der Waals surface area contributed by atoms with Gasteiger partial charge in [0.05, 0.1) is 0 Å². The fourth-order valence-electron chi connectivity index (χ4n) is 2.57. The van der Waals surface area contributed by atoms with E-state index in [1.807, 2.05) is 30.3 Å². The molecule has 4 rings (SSSR count). The Hall–Kier alpha value is -3.81. The molecular weight excluding hydrogens is 364 g/mol. The fourth-order valence-corrected chi connectivity index (χ4v) is 2.57. The van der Waals surface area contributed by atoms with E-state index in [0.717, 1.165) is 17.7 Å². The maximum absolute atomic E-state index is 13.5. The van der Waals surface area contributed by atoms with Crippen LogP contribution in [-0.2, 0) is 0 Å². The van der Waals surface area contributed by atoms with E-state index < -0.39 is 11.6 Å². The van der Waals surface area contributed by atoms with Crippen molar-refractivity contribution in [2.45, 2.75) is 6.92 Å². The lowest BCUT2D eigenvalue weighted by molar-refractivity contribution is 0.400. The molecule has 0 radical (unpaired) electrons. The van der Waals surface area contributed by atoms with Gasteiger partial charge in [-0.15, -0.1) is 0 Å². The predicted molar refractivity (Wildman–Crippen MR) is 102 cm³/mol. The van der Waals surface area contributed by atoms with E-state index >= 15 is 0 Å². The third kappa shape index (κ3) is 3.96. The molecule has 28 heavy (non-hydrogen) atoms. The number of anilines is 4. The van der Waals surface area contributed by atoms with Gasteiger partial charge in [0.2, 0.25) is 0 Å². The molecule has 0 spiro atoms. The summed E-state index contributed by atoms with van der Waals surface area (Å²) in [6.07, 6.45) is 0. The summed E-state index contributed by atoms with van der Waals surface area (Å²) in [7, 11) is 0. The SMILES string of the molecule is Cc1cc(Nc2cc(Nc3ccc(F)c(F)c3)nc(-c3ccccc3)n2)no1. The number of benzene rings is 2. The highest BCUT2D eigenvalue weighted by atomic mass is 19.2. The van der Waals surface area contributed by atoms with Crippen LogP contribution in [-0.4, -0.2) is 15.1 Å². The van der Waals surface area contributed by atoms with Crippen molar-refractivity contribution in [2.75, 3.05) is 10.6 Å². The lowest BCUT2D eigenvalue weighted by atomic mass is 10.2. The smallest absolute Gasteiger partial charge is 0.175 e. The molecule has 8 heteroatoms. The number of nitrogens with zero attached hydrogens (tertiary/aromatic N) is 3. The number of hydrogen-bond donors (Lipinski definition) is 2. The second-order valence-electron chi connectivity index (χ2n) is 6.03. The standard InChI is InChI=1S/C20H15F2N5O/c1-12-9-19(27-28-12)24-18-11-17(23-14-7-8-15(21)16(22)10-14)25-20(26-18)13-5-3-2-4-6-13/h2-11H,1H3,(H2,23,24,25,26,27). The third-order valence-electron chi connectivity index (χ3n) is 3.83. The Morgan fingerprint density at radius 3 is 2.21 bits per heavy atom. The average molecular weight is 379 g/mol. The Bertz CT molecular complexity index is 1110. The van der Waals surface area contributed by atoms with Gasteiger partial charge >= 0.3 is 0 Å². The van der Waals surface area contributed by atoms with E-state index in [9.17, 15) is 8.78 Å². The molecule has 2 aromatic carbocycles. The normalized spacial score (nSPS) is 10.7. The van der Waals surface area contributed by atoms with Crippen molar-refractivity contribution in [3.63, 3.8) is 0 Å². The van der Waals surface area contributed by atoms with Crippen LogP contribution in [0.15, 0.2) is 65.2 Å². The van der Waals surface area contributed by atoms with Crippen LogP contribution in [0, 0.1) is 18.6 Å². The number of aromatic nitrogens is 3. The zero-order valence-electron chi connectivity index (χ0n) is 14.8. The van der Waals surface area contributed by atoms with Crippen LogP contribution < -0.4 is 10.6 Å². The molecule has 0 saturated carbocycles. The maximum atomic E-state index is 13.5. The van der Waals surface area contributed by atoms with Crippen LogP contribution in [0.25, 0.3) is 11.4 Å². The van der Waals surface area contributed by atoms with Gasteiger partial charge in [-0.05, 0) is 19.1 Å². The summed E-state index contributed by atoms with van der Waals surface area (Å²) in [5.74, 6) is 0.611. The van der Waals surface area contributed by atoms with Crippen LogP contribution in [0.5, 0.6) is 0 Å². The molecule has 0 aliphatic heterocycles. The Balaban J connectivity index is 1.71. The van der Waals surface area contributed by atoms with E-state index in [2.05, 4.69) is 25.8 Å². The quantitative estimate of drug-likeness (QED) is 0.496. The van der Waals surface area contributed by atoms with Crippen molar-refractivity contribution in [1.29, 1.82) is 0 Å². The van der Waals surface area contributed by atoms with Crippen molar-refractivity contribution in [1.82, 2.24) is 15.1 Å². The van der Waals surface area contributed by atoms with Crippen LogP contribution in [0.1, 0.15) is 5.76 Å². The third-order valence-corrected chi connectivity index (χ3v) is 3.83. The summed E-state index contributed by atoms with van der Waals surface area (Å²) < 4.78 is 31.7. The minimum atomic E-state index is -0.946. The fraction of sp³-hybridized carbons (Fsp3) is 0.0500. The molecule has 0 amide bonds. The van der Waals surface area contributed by atoms with Gasteiger partial charge in [0.25, 0.3) is 0 Å². The first-order valence-electron chi connectivity index (χ1n) is 8.44. The van der Waals surface area contributed by atoms with Crippen molar-refractivity contribution < 1.29 is 13.3 Å². The highest BCUT2D eigenvalue weighted by Crippen LogP contribution is 2.25. The number of nitrogens with one attached hydrogen (secondary N) is 2. The van der Waals surface area contributed by atoms with Gasteiger partial charge in [-0.3, -0.25) is 0 Å². The molecule has 2 aromatic heterocycles. The second kappa shape index (κ2) is 7.43. The molecule has 0 aliphatic carbocycles. The molecule has 2 heterocycles. The van der Waals surface area contributed by atoms with Crippen LogP contribution in [0.4, 0.5) is 31.9 Å². The molecule has 4 aromatic rings. The van der Waals surface area contributed by atoms with E-state index in [-0.39, 0.29) is 0 Å². The Morgan fingerprint density at radius 1 is 0.786 bits per heavy atom. The highest BCUT2D eigenvalue weighted by molar-refractivity contribution is 5.67. The summed E-state index contributed by atoms with van der Waals surface area (Å²) >= 11 is 0. The van der Waals surface area contributed by atoms with Crippen LogP contribution in [0.2, 0.25) is 0 Å². The largest absolute Gasteiger partial charge is 0.360 e. The lowest BCUT2D eigenvalue weighted by Crippen LogP contribution is -2.02. The minimum absolute atomic E-state index is 0.361. The van der Waals surface area contributed by atoms with E-state index in [4.69, 9.17) is 4.52 Å². The molecule has 6 nitrogen and oxygen atoms in total. The van der Waals surface area contributed by atoms with Crippen LogP contribution >= 0.6 is 0 Å². The summed E-state index contributed by atoms with van der Waals surface area (Å²) in [5, 5.41) is 9.91. The summed E-state index contributed by atoms with van der Waals surface area (Å²) in [4.78, 5) is 8.98. The number of halogens is 2. The maximum Gasteiger partial charge on any atom is 0.175 e. The molecule has 2 N–H and O–H groups in total. The number of rotatable bonds is 5. The van der Waals surface area contributed by atoms with Gasteiger partial charge in [0.1, 0.15) is 17.4 Å². The summed E-state index contributed by atoms with van der Waals surface area (Å²) in [5.41, 5.74) is 1.16. The van der Waals surface area contributed by atoms with Gasteiger partial charge in [-0.2, -0.15) is 0 Å². The zero-order chi connectivity index (χ0) is 19.5. The first-order chi connectivity index (χ1) is 13.6. The summed E-state index contributed by atoms with van der Waals surface area (Å²) in [6.45, 7) is 1.78. The molecule has 0 saturated heterocycles. The Morgan fingerprint density at radius 2 is 1.54 bits per heavy atom. The first-order valence-corrected chi connectivity index (χ1v) is 8.44. The van der Waals surface area contributed by atoms with E-state index in [1.54, 1.807) is 19.1 Å². The molecule has 0 atom stereocenters. The zero-order valence-corrected chi connectivity index (χ0v) is 14.8. The number of aryl methyl sites for hydroxylation is 1. The van der Waals surface area contributed by atoms with Gasteiger partial charge in [-0.25, -0.2) is 18.7 Å². The molecule has 0 fully saturated rings. The predicted octanol–water partition coefficient (Wildman–Crippen LogP) is 5.21. The average Bonchev–Trinajstić information content (AvgIpc) is 3.10. The molecule has 0 unspecified atom stereocenters. The highest BCUT2D eigenvalue weighted by Gasteiger charge is 2.10. The van der Waals surface area contributed by atoms with Crippen LogP contribution in [0.3, 0.4) is 0 Å². The number of hydrogen-bond acceptors (Lipinski definition) is 6. The molecule has 0 aliphatic rings. The first kappa shape index (κ1) is 17.6. The van der Waals surface area contributed by atoms with Crippen molar-refractivity contribution >= 4 is 23.1 Å². The Labute approximate surface area is 159 Å². The second-order valence-corrected chi connectivity index (χ2v) is 6.03. The van der Waals surface area contributed by atoms with E-state index in [1.165, 1.54) is 6.07 Å². The van der Waals surface area contributed by atoms with Gasteiger partial charge in [0, 0.05) is 29.4 Å². The van der Waals surface area contributed by atoms with Gasteiger partial charge in [-0.1, -0.05) is 35.5 Å². The van der Waals surface area contributed by atoms with Gasteiger partial charge < -0.3 is 15.2 Å². The molecule has 0 bridgehead atoms. The topological polar surface area (TPSA) is 75.9 Å². The van der Waals surface area contributed by atoms with Crippen molar-refractivity contribution in [3.8, 4) is 11.4 Å².